The molecule has 0 aromatic heterocycles. The van der Waals surface area contributed by atoms with Gasteiger partial charge in [-0.1, -0.05) is 0 Å². The molecule has 0 radical (unpaired) electrons. The highest BCUT2D eigenvalue weighted by molar-refractivity contribution is 6.17. The van der Waals surface area contributed by atoms with Crippen LogP contribution in [0.3, 0.4) is 0 Å². The number of nitrogens with zero attached hydrogens (tertiary/aromatic N) is 1. The highest BCUT2D eigenvalue weighted by Crippen LogP contribution is 2.14. The van der Waals surface area contributed by atoms with Crippen LogP contribution in [0, 0.1) is 5.92 Å². The molecule has 0 spiro atoms. The van der Waals surface area contributed by atoms with E-state index in [2.05, 4.69) is 11.9 Å². The second kappa shape index (κ2) is 6.63. The zero-order chi connectivity index (χ0) is 9.52. The highest BCUT2D eigenvalue weighted by Gasteiger charge is 2.15. The van der Waals surface area contributed by atoms with E-state index in [-0.39, 0.29) is 0 Å². The Bertz CT molecular complexity index is 126. The van der Waals surface area contributed by atoms with Gasteiger partial charge in [-0.2, -0.15) is 0 Å². The third-order valence-electron chi connectivity index (χ3n) is 2.50. The number of rotatable bonds is 5. The maximum absolute atomic E-state index is 5.64. The topological polar surface area (TPSA) is 12.5 Å². The maximum Gasteiger partial charge on any atom is 0.0506 e. The lowest BCUT2D eigenvalue weighted by atomic mass is 10.0. The summed E-state index contributed by atoms with van der Waals surface area (Å²) in [6, 6.07) is 0. The predicted molar refractivity (Wildman–Crippen MR) is 56.4 cm³/mol. The first kappa shape index (κ1) is 11.3. The smallest absolute Gasteiger partial charge is 0.0506 e. The van der Waals surface area contributed by atoms with Crippen molar-refractivity contribution in [2.24, 2.45) is 5.92 Å². The first-order valence-corrected chi connectivity index (χ1v) is 5.68. The Hall–Kier alpha value is 0.210. The van der Waals surface area contributed by atoms with Crippen LogP contribution in [0.25, 0.3) is 0 Å². The van der Waals surface area contributed by atoms with Crippen LogP contribution in [0.1, 0.15) is 19.3 Å². The molecule has 3 heteroatoms. The van der Waals surface area contributed by atoms with Crippen LogP contribution in [0.5, 0.6) is 0 Å². The number of alkyl halides is 1. The van der Waals surface area contributed by atoms with Crippen molar-refractivity contribution in [3.05, 3.63) is 0 Å². The van der Waals surface area contributed by atoms with Crippen molar-refractivity contribution in [3.8, 4) is 0 Å². The summed E-state index contributed by atoms with van der Waals surface area (Å²) in [7, 11) is 2.17. The molecule has 0 aromatic rings. The van der Waals surface area contributed by atoms with Gasteiger partial charge in [-0.25, -0.2) is 0 Å². The molecular weight excluding hydrogens is 186 g/mol. The molecule has 1 aliphatic rings. The van der Waals surface area contributed by atoms with E-state index < -0.39 is 0 Å². The fraction of sp³-hybridized carbons (Fsp3) is 1.00. The molecule has 1 heterocycles. The minimum Gasteiger partial charge on any atom is -0.381 e. The molecule has 1 atom stereocenters. The lowest BCUT2D eigenvalue weighted by Gasteiger charge is -2.26. The van der Waals surface area contributed by atoms with E-state index in [1.165, 1.54) is 12.8 Å². The molecule has 1 aliphatic heterocycles. The van der Waals surface area contributed by atoms with Crippen molar-refractivity contribution in [1.82, 2.24) is 4.90 Å². The van der Waals surface area contributed by atoms with Crippen molar-refractivity contribution in [2.45, 2.75) is 19.3 Å². The molecule has 1 saturated heterocycles. The summed E-state index contributed by atoms with van der Waals surface area (Å²) in [4.78, 5) is 2.36. The molecule has 0 amide bonds. The Labute approximate surface area is 86.2 Å². The van der Waals surface area contributed by atoms with E-state index in [1.807, 2.05) is 0 Å². The number of halogens is 1. The van der Waals surface area contributed by atoms with Gasteiger partial charge < -0.3 is 9.64 Å². The van der Waals surface area contributed by atoms with E-state index in [4.69, 9.17) is 16.3 Å². The molecule has 0 bridgehead atoms. The second-order valence-corrected chi connectivity index (χ2v) is 4.27. The Morgan fingerprint density at radius 1 is 1.54 bits per heavy atom. The molecular formula is C10H20ClNO. The first-order valence-electron chi connectivity index (χ1n) is 5.15. The van der Waals surface area contributed by atoms with Gasteiger partial charge in [-0.15, -0.1) is 11.6 Å². The molecule has 13 heavy (non-hydrogen) atoms. The normalized spacial score (nSPS) is 23.8. The minimum absolute atomic E-state index is 0.745. The van der Waals surface area contributed by atoms with Gasteiger partial charge in [0, 0.05) is 19.0 Å². The summed E-state index contributed by atoms with van der Waals surface area (Å²) in [5.74, 6) is 1.51. The Balaban J connectivity index is 2.07. The number of ether oxygens (including phenoxy) is 1. The van der Waals surface area contributed by atoms with Crippen molar-refractivity contribution in [2.75, 3.05) is 39.2 Å². The molecule has 1 fully saturated rings. The maximum atomic E-state index is 5.64. The highest BCUT2D eigenvalue weighted by atomic mass is 35.5. The quantitative estimate of drug-likeness (QED) is 0.637. The largest absolute Gasteiger partial charge is 0.381 e. The van der Waals surface area contributed by atoms with E-state index in [1.54, 1.807) is 0 Å². The van der Waals surface area contributed by atoms with Gasteiger partial charge in [0.2, 0.25) is 0 Å². The zero-order valence-corrected chi connectivity index (χ0v) is 9.22. The van der Waals surface area contributed by atoms with Gasteiger partial charge in [-0.05, 0) is 38.8 Å². The summed E-state index contributed by atoms with van der Waals surface area (Å²) < 4.78 is 5.43. The van der Waals surface area contributed by atoms with E-state index >= 15 is 0 Å². The summed E-state index contributed by atoms with van der Waals surface area (Å²) in [6.45, 7) is 4.18. The first-order chi connectivity index (χ1) is 6.33. The van der Waals surface area contributed by atoms with Gasteiger partial charge in [0.1, 0.15) is 0 Å². The number of hydrogen-bond donors (Lipinski definition) is 0. The van der Waals surface area contributed by atoms with E-state index in [0.717, 1.165) is 44.5 Å². The average molecular weight is 206 g/mol. The van der Waals surface area contributed by atoms with Crippen molar-refractivity contribution in [3.63, 3.8) is 0 Å². The Morgan fingerprint density at radius 3 is 3.00 bits per heavy atom. The van der Waals surface area contributed by atoms with Crippen LogP contribution >= 0.6 is 11.6 Å². The van der Waals surface area contributed by atoms with Gasteiger partial charge in [-0.3, -0.25) is 0 Å². The molecule has 0 aliphatic carbocycles. The second-order valence-electron chi connectivity index (χ2n) is 3.89. The summed E-state index contributed by atoms with van der Waals surface area (Å²) in [5.41, 5.74) is 0. The van der Waals surface area contributed by atoms with Gasteiger partial charge in [0.25, 0.3) is 0 Å². The fourth-order valence-corrected chi connectivity index (χ4v) is 1.93. The lowest BCUT2D eigenvalue weighted by molar-refractivity contribution is 0.0421. The molecule has 2 nitrogen and oxygen atoms in total. The lowest BCUT2D eigenvalue weighted by Crippen LogP contribution is -2.31. The van der Waals surface area contributed by atoms with E-state index in [9.17, 15) is 0 Å². The average Bonchev–Trinajstić information content (AvgIpc) is 2.16. The predicted octanol–water partition coefficient (Wildman–Crippen LogP) is 1.97. The molecule has 1 unspecified atom stereocenters. The zero-order valence-electron chi connectivity index (χ0n) is 8.47. The summed E-state index contributed by atoms with van der Waals surface area (Å²) in [6.07, 6.45) is 3.64. The van der Waals surface area contributed by atoms with Crippen LogP contribution in [0.4, 0.5) is 0 Å². The third kappa shape index (κ3) is 4.84. The molecule has 0 N–H and O–H groups in total. The van der Waals surface area contributed by atoms with Crippen LogP contribution in [0.2, 0.25) is 0 Å². The van der Waals surface area contributed by atoms with Gasteiger partial charge >= 0.3 is 0 Å². The minimum atomic E-state index is 0.745. The SMILES string of the molecule is CN(CCCCl)CC1CCCOC1. The van der Waals surface area contributed by atoms with E-state index in [0.29, 0.717) is 0 Å². The van der Waals surface area contributed by atoms with Crippen molar-refractivity contribution < 1.29 is 4.74 Å². The molecule has 78 valence electrons. The molecule has 0 saturated carbocycles. The third-order valence-corrected chi connectivity index (χ3v) is 2.77. The molecule has 1 rings (SSSR count). The standard InChI is InChI=1S/C10H20ClNO/c1-12(6-3-5-11)8-10-4-2-7-13-9-10/h10H,2-9H2,1H3. The number of hydrogen-bond acceptors (Lipinski definition) is 2. The fourth-order valence-electron chi connectivity index (χ4n) is 1.81. The van der Waals surface area contributed by atoms with Crippen LogP contribution in [-0.2, 0) is 4.74 Å². The summed E-state index contributed by atoms with van der Waals surface area (Å²) in [5, 5.41) is 0. The van der Waals surface area contributed by atoms with Crippen LogP contribution in [-0.4, -0.2) is 44.1 Å². The summed E-state index contributed by atoms with van der Waals surface area (Å²) >= 11 is 5.64. The Morgan fingerprint density at radius 2 is 2.38 bits per heavy atom. The van der Waals surface area contributed by atoms with Crippen LogP contribution in [0.15, 0.2) is 0 Å². The molecule has 0 aromatic carbocycles. The van der Waals surface area contributed by atoms with Gasteiger partial charge in [0.05, 0.1) is 6.61 Å². The van der Waals surface area contributed by atoms with Crippen LogP contribution < -0.4 is 0 Å². The van der Waals surface area contributed by atoms with Crippen molar-refractivity contribution >= 4 is 11.6 Å². The Kier molecular flexibility index (Phi) is 5.76. The van der Waals surface area contributed by atoms with Crippen molar-refractivity contribution in [1.29, 1.82) is 0 Å². The monoisotopic (exact) mass is 205 g/mol. The van der Waals surface area contributed by atoms with Gasteiger partial charge in [0.15, 0.2) is 0 Å².